The van der Waals surface area contributed by atoms with Crippen molar-refractivity contribution in [1.29, 1.82) is 0 Å². The van der Waals surface area contributed by atoms with Crippen LogP contribution in [0.2, 0.25) is 0 Å². The van der Waals surface area contributed by atoms with E-state index in [9.17, 15) is 0 Å². The number of rotatable bonds is 4. The summed E-state index contributed by atoms with van der Waals surface area (Å²) < 4.78 is 2.23. The molecule has 21 heavy (non-hydrogen) atoms. The molecule has 1 aromatic rings. The van der Waals surface area contributed by atoms with Gasteiger partial charge in [-0.05, 0) is 57.2 Å². The van der Waals surface area contributed by atoms with E-state index in [1.165, 1.54) is 70.3 Å². The highest BCUT2D eigenvalue weighted by atomic mass is 15.3. The highest BCUT2D eigenvalue weighted by Crippen LogP contribution is 2.33. The summed E-state index contributed by atoms with van der Waals surface area (Å²) >= 11 is 0. The zero-order chi connectivity index (χ0) is 14.1. The van der Waals surface area contributed by atoms with Crippen molar-refractivity contribution in [3.05, 3.63) is 18.0 Å². The molecule has 2 aliphatic carbocycles. The normalized spacial score (nSPS) is 28.9. The molecule has 0 amide bonds. The fraction of sp³-hybridized carbons (Fsp3) is 0.824. The van der Waals surface area contributed by atoms with Crippen LogP contribution in [0.15, 0.2) is 12.3 Å². The number of nitrogens with one attached hydrogen (secondary N) is 1. The Morgan fingerprint density at radius 3 is 2.81 bits per heavy atom. The van der Waals surface area contributed by atoms with Gasteiger partial charge in [-0.15, -0.1) is 0 Å². The highest BCUT2D eigenvalue weighted by molar-refractivity contribution is 5.01. The summed E-state index contributed by atoms with van der Waals surface area (Å²) in [5.41, 5.74) is 1.26. The van der Waals surface area contributed by atoms with E-state index in [2.05, 4.69) is 27.2 Å². The second kappa shape index (κ2) is 6.09. The average Bonchev–Trinajstić information content (AvgIpc) is 3.06. The van der Waals surface area contributed by atoms with Gasteiger partial charge in [-0.3, -0.25) is 9.58 Å². The molecule has 0 spiro atoms. The molecule has 4 heteroatoms. The molecule has 3 fully saturated rings. The SMILES string of the molecule is c1cn(C2CCCC2)nc1CN1CCCNC(C2CC2)C1. The van der Waals surface area contributed by atoms with Gasteiger partial charge in [0.1, 0.15) is 0 Å². The molecule has 0 aromatic carbocycles. The van der Waals surface area contributed by atoms with Crippen LogP contribution in [0.3, 0.4) is 0 Å². The number of hydrogen-bond donors (Lipinski definition) is 1. The van der Waals surface area contributed by atoms with Gasteiger partial charge < -0.3 is 5.32 Å². The van der Waals surface area contributed by atoms with Crippen molar-refractivity contribution in [3.8, 4) is 0 Å². The molecule has 3 aliphatic rings. The van der Waals surface area contributed by atoms with E-state index in [0.29, 0.717) is 6.04 Å². The van der Waals surface area contributed by atoms with Crippen LogP contribution in [0.1, 0.15) is 56.7 Å². The molecule has 1 unspecified atom stereocenters. The zero-order valence-corrected chi connectivity index (χ0v) is 13.0. The van der Waals surface area contributed by atoms with Gasteiger partial charge in [-0.1, -0.05) is 12.8 Å². The monoisotopic (exact) mass is 288 g/mol. The lowest BCUT2D eigenvalue weighted by atomic mass is 10.2. The van der Waals surface area contributed by atoms with Crippen LogP contribution in [-0.4, -0.2) is 40.4 Å². The molecule has 4 nitrogen and oxygen atoms in total. The molecule has 4 rings (SSSR count). The summed E-state index contributed by atoms with van der Waals surface area (Å²) in [5, 5.41) is 8.60. The van der Waals surface area contributed by atoms with Crippen molar-refractivity contribution >= 4 is 0 Å². The van der Waals surface area contributed by atoms with E-state index in [1.54, 1.807) is 0 Å². The fourth-order valence-electron chi connectivity index (χ4n) is 4.05. The Kier molecular flexibility index (Phi) is 3.99. The van der Waals surface area contributed by atoms with Crippen molar-refractivity contribution in [2.24, 2.45) is 5.92 Å². The standard InChI is InChI=1S/C17H28N4/c1-2-5-16(4-1)21-11-8-15(19-21)12-20-10-3-9-18-17(13-20)14-6-7-14/h8,11,14,16-18H,1-7,9-10,12-13H2. The minimum atomic E-state index is 0.670. The topological polar surface area (TPSA) is 33.1 Å². The van der Waals surface area contributed by atoms with E-state index in [1.807, 2.05) is 0 Å². The molecule has 0 radical (unpaired) electrons. The Bertz CT molecular complexity index is 459. The Morgan fingerprint density at radius 1 is 1.14 bits per heavy atom. The maximum atomic E-state index is 4.86. The third kappa shape index (κ3) is 3.32. The number of aromatic nitrogens is 2. The van der Waals surface area contributed by atoms with Gasteiger partial charge in [0.15, 0.2) is 0 Å². The first-order valence-electron chi connectivity index (χ1n) is 8.88. The predicted octanol–water partition coefficient (Wildman–Crippen LogP) is 2.57. The van der Waals surface area contributed by atoms with Gasteiger partial charge in [0.05, 0.1) is 11.7 Å². The molecular formula is C17H28N4. The summed E-state index contributed by atoms with van der Waals surface area (Å²) in [6.45, 7) is 4.65. The van der Waals surface area contributed by atoms with Crippen LogP contribution in [0.25, 0.3) is 0 Å². The van der Waals surface area contributed by atoms with Gasteiger partial charge in [0.2, 0.25) is 0 Å². The third-order valence-corrected chi connectivity index (χ3v) is 5.45. The van der Waals surface area contributed by atoms with Crippen molar-refractivity contribution in [1.82, 2.24) is 20.0 Å². The van der Waals surface area contributed by atoms with E-state index < -0.39 is 0 Å². The fourth-order valence-corrected chi connectivity index (χ4v) is 4.05. The smallest absolute Gasteiger partial charge is 0.0764 e. The van der Waals surface area contributed by atoms with Gasteiger partial charge in [-0.25, -0.2) is 0 Å². The van der Waals surface area contributed by atoms with Gasteiger partial charge >= 0.3 is 0 Å². The van der Waals surface area contributed by atoms with Gasteiger partial charge in [0, 0.05) is 25.3 Å². The van der Waals surface area contributed by atoms with Crippen molar-refractivity contribution in [2.75, 3.05) is 19.6 Å². The van der Waals surface area contributed by atoms with E-state index in [-0.39, 0.29) is 0 Å². The summed E-state index contributed by atoms with van der Waals surface area (Å²) in [6.07, 6.45) is 11.7. The molecule has 1 atom stereocenters. The third-order valence-electron chi connectivity index (χ3n) is 5.45. The Labute approximate surface area is 127 Å². The molecule has 2 heterocycles. The second-order valence-electron chi connectivity index (χ2n) is 7.21. The van der Waals surface area contributed by atoms with Crippen LogP contribution in [0.5, 0.6) is 0 Å². The molecule has 1 saturated heterocycles. The molecule has 2 saturated carbocycles. The zero-order valence-electron chi connectivity index (χ0n) is 13.0. The minimum absolute atomic E-state index is 0.670. The Hall–Kier alpha value is -0.870. The van der Waals surface area contributed by atoms with Crippen LogP contribution in [0.4, 0.5) is 0 Å². The maximum Gasteiger partial charge on any atom is 0.0764 e. The Morgan fingerprint density at radius 2 is 2.00 bits per heavy atom. The first kappa shape index (κ1) is 13.8. The predicted molar refractivity (Wildman–Crippen MR) is 84.1 cm³/mol. The summed E-state index contributed by atoms with van der Waals surface area (Å²) in [7, 11) is 0. The second-order valence-corrected chi connectivity index (χ2v) is 7.21. The van der Waals surface area contributed by atoms with E-state index >= 15 is 0 Å². The van der Waals surface area contributed by atoms with Gasteiger partial charge in [-0.2, -0.15) is 5.10 Å². The highest BCUT2D eigenvalue weighted by Gasteiger charge is 2.33. The summed E-state index contributed by atoms with van der Waals surface area (Å²) in [4.78, 5) is 2.62. The van der Waals surface area contributed by atoms with Crippen molar-refractivity contribution < 1.29 is 0 Å². The quantitative estimate of drug-likeness (QED) is 0.924. The Balaban J connectivity index is 1.37. The summed E-state index contributed by atoms with van der Waals surface area (Å²) in [6, 6.07) is 3.64. The van der Waals surface area contributed by atoms with Crippen molar-refractivity contribution in [2.45, 2.75) is 63.6 Å². The molecule has 1 aliphatic heterocycles. The van der Waals surface area contributed by atoms with Crippen LogP contribution in [-0.2, 0) is 6.54 Å². The first-order valence-corrected chi connectivity index (χ1v) is 8.88. The average molecular weight is 288 g/mol. The molecular weight excluding hydrogens is 260 g/mol. The van der Waals surface area contributed by atoms with Crippen LogP contribution < -0.4 is 5.32 Å². The largest absolute Gasteiger partial charge is 0.312 e. The molecule has 116 valence electrons. The minimum Gasteiger partial charge on any atom is -0.312 e. The molecule has 0 bridgehead atoms. The van der Waals surface area contributed by atoms with Gasteiger partial charge in [0.25, 0.3) is 0 Å². The van der Waals surface area contributed by atoms with E-state index in [0.717, 1.165) is 18.5 Å². The molecule has 1 aromatic heterocycles. The van der Waals surface area contributed by atoms with Crippen molar-refractivity contribution in [3.63, 3.8) is 0 Å². The first-order chi connectivity index (χ1) is 10.4. The molecule has 1 N–H and O–H groups in total. The lowest BCUT2D eigenvalue weighted by molar-refractivity contribution is 0.247. The number of nitrogens with zero attached hydrogens (tertiary/aromatic N) is 3. The maximum absolute atomic E-state index is 4.86. The summed E-state index contributed by atoms with van der Waals surface area (Å²) in [5.74, 6) is 0.946. The van der Waals surface area contributed by atoms with E-state index in [4.69, 9.17) is 5.10 Å². The van der Waals surface area contributed by atoms with Crippen LogP contribution in [0, 0.1) is 5.92 Å². The van der Waals surface area contributed by atoms with Crippen LogP contribution >= 0.6 is 0 Å². The lowest BCUT2D eigenvalue weighted by Crippen LogP contribution is -2.39. The number of hydrogen-bond acceptors (Lipinski definition) is 3. The lowest BCUT2D eigenvalue weighted by Gasteiger charge is -2.23.